The molecule has 0 amide bonds. The van der Waals surface area contributed by atoms with Crippen LogP contribution in [0.25, 0.3) is 22.1 Å². The Morgan fingerprint density at radius 2 is 1.07 bits per heavy atom. The fourth-order valence-electron chi connectivity index (χ4n) is 6.39. The number of aromatic nitrogens is 4. The third-order valence-electron chi connectivity index (χ3n) is 8.31. The second-order valence-corrected chi connectivity index (χ2v) is 13.0. The molecule has 5 heterocycles. The number of fused-ring (bicyclic) bond motifs is 10. The van der Waals surface area contributed by atoms with Crippen LogP contribution in [0.4, 0.5) is 45.8 Å². The molecule has 0 fully saturated rings. The van der Waals surface area contributed by atoms with Crippen LogP contribution in [-0.2, 0) is 0 Å². The number of aromatic amines is 1. The monoisotopic (exact) mass is 618 g/mol. The van der Waals surface area contributed by atoms with E-state index in [2.05, 4.69) is 122 Å². The number of rotatable bonds is 2. The summed E-state index contributed by atoms with van der Waals surface area (Å²) in [6, 6.07) is 34.0. The molecule has 214 valence electrons. The molecule has 3 aliphatic heterocycles. The van der Waals surface area contributed by atoms with E-state index in [9.17, 15) is 0 Å². The molecule has 2 aromatic heterocycles. The molecule has 2 N–H and O–H groups in total. The van der Waals surface area contributed by atoms with Crippen LogP contribution in [-0.4, -0.2) is 32.7 Å². The van der Waals surface area contributed by atoms with E-state index in [-0.39, 0.29) is 0 Å². The summed E-state index contributed by atoms with van der Waals surface area (Å²) in [6.45, 7) is 0.604. The maximum atomic E-state index is 5.58. The summed E-state index contributed by atoms with van der Waals surface area (Å²) in [7, 11) is 0. The van der Waals surface area contributed by atoms with Gasteiger partial charge in [0.05, 0.1) is 46.8 Å². The van der Waals surface area contributed by atoms with Gasteiger partial charge < -0.3 is 10.3 Å². The van der Waals surface area contributed by atoms with Crippen LogP contribution < -0.4 is 15.1 Å². The Morgan fingerprint density at radius 3 is 1.60 bits per heavy atom. The zero-order chi connectivity index (χ0) is 29.5. The van der Waals surface area contributed by atoms with Crippen LogP contribution in [0.15, 0.2) is 128 Å². The van der Waals surface area contributed by atoms with Crippen molar-refractivity contribution in [3.8, 4) is 0 Å². The fourth-order valence-corrected chi connectivity index (χ4v) is 8.51. The number of nitrogens with zero attached hydrogens (tertiary/aromatic N) is 6. The van der Waals surface area contributed by atoms with Gasteiger partial charge in [-0.25, -0.2) is 15.0 Å². The van der Waals surface area contributed by atoms with Crippen molar-refractivity contribution < 1.29 is 0 Å². The van der Waals surface area contributed by atoms with Crippen LogP contribution in [0.2, 0.25) is 0 Å². The highest BCUT2D eigenvalue weighted by Crippen LogP contribution is 2.57. The van der Waals surface area contributed by atoms with E-state index in [4.69, 9.17) is 15.0 Å². The predicted octanol–water partition coefficient (Wildman–Crippen LogP) is 9.50. The van der Waals surface area contributed by atoms with Crippen molar-refractivity contribution in [2.45, 2.75) is 19.6 Å². The average Bonchev–Trinajstić information content (AvgIpc) is 3.60. The maximum absolute atomic E-state index is 5.58. The predicted molar refractivity (Wildman–Crippen MR) is 183 cm³/mol. The van der Waals surface area contributed by atoms with Gasteiger partial charge in [-0.1, -0.05) is 72.1 Å². The molecule has 0 spiro atoms. The number of hydrogen-bond donors (Lipinski definition) is 2. The molecule has 0 unspecified atom stereocenters. The molecule has 0 aliphatic carbocycles. The van der Waals surface area contributed by atoms with Gasteiger partial charge in [-0.15, -0.1) is 0 Å². The van der Waals surface area contributed by atoms with Gasteiger partial charge >= 0.3 is 0 Å². The molecule has 45 heavy (non-hydrogen) atoms. The second-order valence-electron chi connectivity index (χ2n) is 10.9. The highest BCUT2D eigenvalue weighted by molar-refractivity contribution is 8.00. The Labute approximate surface area is 266 Å². The molecule has 10 heteroatoms. The topological polar surface area (TPSA) is 85.3 Å². The van der Waals surface area contributed by atoms with Crippen molar-refractivity contribution in [2.75, 3.05) is 21.7 Å². The van der Waals surface area contributed by atoms with Crippen LogP contribution in [0.3, 0.4) is 0 Å². The van der Waals surface area contributed by atoms with Gasteiger partial charge in [0.2, 0.25) is 0 Å². The Hall–Kier alpha value is -5.32. The molecule has 3 aliphatic rings. The third kappa shape index (κ3) is 3.63. The number of hydrogen-bond acceptors (Lipinski definition) is 9. The Kier molecular flexibility index (Phi) is 5.34. The standard InChI is InChI=1S/C35H22N8S2/c1-5-13-24-20(9-1)42(21-10-2-6-14-25(21)44-24)34-35(43-22-11-3-7-15-26(22)45-27-16-8-4-12-23(27)43)41-33-31-29(38-19-39-31)28-30(32(33)40-34)37-18-17-36-28/h1-17,19,37H,18H2,(H,38,39). The van der Waals surface area contributed by atoms with E-state index in [0.29, 0.717) is 6.54 Å². The largest absolute Gasteiger partial charge is 0.376 e. The second kappa shape index (κ2) is 9.59. The molecule has 7 aromatic rings. The lowest BCUT2D eigenvalue weighted by molar-refractivity contribution is 1.06. The summed E-state index contributed by atoms with van der Waals surface area (Å²) in [5, 5.41) is 3.54. The summed E-state index contributed by atoms with van der Waals surface area (Å²) in [5.41, 5.74) is 8.94. The number of H-pyrrole nitrogens is 1. The molecule has 0 radical (unpaired) electrons. The van der Waals surface area contributed by atoms with Gasteiger partial charge in [-0.05, 0) is 48.5 Å². The van der Waals surface area contributed by atoms with E-state index in [0.717, 1.165) is 87.4 Å². The van der Waals surface area contributed by atoms with Crippen LogP contribution in [0.5, 0.6) is 0 Å². The van der Waals surface area contributed by atoms with Crippen molar-refractivity contribution in [3.63, 3.8) is 0 Å². The summed E-state index contributed by atoms with van der Waals surface area (Å²) in [6.07, 6.45) is 3.58. The van der Waals surface area contributed by atoms with E-state index in [1.54, 1.807) is 29.9 Å². The molecule has 5 aromatic carbocycles. The molecular formula is C35H22N8S2. The highest BCUT2D eigenvalue weighted by Gasteiger charge is 2.35. The van der Waals surface area contributed by atoms with Crippen molar-refractivity contribution in [1.82, 2.24) is 19.9 Å². The molecule has 0 saturated carbocycles. The number of benzene rings is 5. The summed E-state index contributed by atoms with van der Waals surface area (Å²) >= 11 is 3.55. The zero-order valence-corrected chi connectivity index (χ0v) is 25.2. The van der Waals surface area contributed by atoms with Gasteiger partial charge in [0.1, 0.15) is 22.2 Å². The summed E-state index contributed by atoms with van der Waals surface area (Å²) in [4.78, 5) is 33.1. The fraction of sp³-hybridized carbons (Fsp3) is 0.0286. The molecule has 0 atom stereocenters. The lowest BCUT2D eigenvalue weighted by Crippen LogP contribution is -2.23. The smallest absolute Gasteiger partial charge is 0.182 e. The summed E-state index contributed by atoms with van der Waals surface area (Å²) in [5.74, 6) is 1.46. The Morgan fingerprint density at radius 1 is 0.578 bits per heavy atom. The van der Waals surface area contributed by atoms with Crippen molar-refractivity contribution in [3.05, 3.63) is 103 Å². The quantitative estimate of drug-likeness (QED) is 0.198. The minimum absolute atomic E-state index is 0.604. The minimum atomic E-state index is 0.604. The normalized spacial score (nSPS) is 14.4. The number of nitrogens with one attached hydrogen (secondary N) is 2. The first-order chi connectivity index (χ1) is 22.3. The average molecular weight is 619 g/mol. The first kappa shape index (κ1) is 25.1. The van der Waals surface area contributed by atoms with Crippen LogP contribution in [0.1, 0.15) is 0 Å². The van der Waals surface area contributed by atoms with Crippen LogP contribution in [0, 0.1) is 0 Å². The van der Waals surface area contributed by atoms with E-state index >= 15 is 0 Å². The van der Waals surface area contributed by atoms with Crippen LogP contribution >= 0.6 is 23.5 Å². The molecular weight excluding hydrogens is 597 g/mol. The third-order valence-corrected chi connectivity index (χ3v) is 10.6. The SMILES string of the molecule is C1=Nc2c(c3nc(N4c5ccccc5Sc5ccccc54)c(N4c5ccccc5Sc5ccccc54)nc3c3[nH]cnc23)NC1. The first-order valence-electron chi connectivity index (χ1n) is 14.6. The van der Waals surface area contributed by atoms with E-state index in [1.807, 2.05) is 6.21 Å². The molecule has 8 nitrogen and oxygen atoms in total. The Balaban J connectivity index is 1.37. The minimum Gasteiger partial charge on any atom is -0.376 e. The first-order valence-corrected chi connectivity index (χ1v) is 16.3. The number of anilines is 7. The van der Waals surface area contributed by atoms with Crippen molar-refractivity contribution >= 4 is 97.6 Å². The summed E-state index contributed by atoms with van der Waals surface area (Å²) < 4.78 is 0. The van der Waals surface area contributed by atoms with Gasteiger partial charge in [0, 0.05) is 25.8 Å². The molecule has 0 bridgehead atoms. The van der Waals surface area contributed by atoms with Crippen molar-refractivity contribution in [2.24, 2.45) is 4.99 Å². The lowest BCUT2D eigenvalue weighted by Gasteiger charge is -2.37. The van der Waals surface area contributed by atoms with Gasteiger partial charge in [0.15, 0.2) is 11.6 Å². The number of para-hydroxylation sites is 4. The highest BCUT2D eigenvalue weighted by atomic mass is 32.2. The van der Waals surface area contributed by atoms with E-state index < -0.39 is 0 Å². The maximum Gasteiger partial charge on any atom is 0.182 e. The Bertz CT molecular complexity index is 2290. The molecule has 0 saturated heterocycles. The van der Waals surface area contributed by atoms with E-state index in [1.165, 1.54) is 0 Å². The van der Waals surface area contributed by atoms with Gasteiger partial charge in [-0.2, -0.15) is 0 Å². The lowest BCUT2D eigenvalue weighted by atomic mass is 10.1. The van der Waals surface area contributed by atoms with Crippen molar-refractivity contribution in [1.29, 1.82) is 0 Å². The zero-order valence-electron chi connectivity index (χ0n) is 23.6. The van der Waals surface area contributed by atoms with Gasteiger partial charge in [0.25, 0.3) is 0 Å². The number of aliphatic imine (C=N–C) groups is 1. The molecule has 10 rings (SSSR count). The number of imidazole rings is 1. The van der Waals surface area contributed by atoms with Gasteiger partial charge in [-0.3, -0.25) is 14.8 Å².